The largest absolute Gasteiger partial charge is 0.404 e. The summed E-state index contributed by atoms with van der Waals surface area (Å²) in [6.45, 7) is 2.21. The van der Waals surface area contributed by atoms with Crippen molar-refractivity contribution in [1.82, 2.24) is 9.97 Å². The first-order valence-corrected chi connectivity index (χ1v) is 18.0. The highest BCUT2D eigenvalue weighted by Gasteiger charge is 2.51. The molecule has 2 heterocycles. The SMILES string of the molecule is CC(/C=C\C(=C/N)c1ccc2c(c1)C1(c3ccccc3-c3ccccc31)c1cc(-c3ccc(-c4nccs4)nc3)ccc1-2)CS/C=C\N. The van der Waals surface area contributed by atoms with Crippen molar-refractivity contribution >= 4 is 28.7 Å². The van der Waals surface area contributed by atoms with Crippen molar-refractivity contribution in [2.45, 2.75) is 12.3 Å². The van der Waals surface area contributed by atoms with Crippen LogP contribution in [0.5, 0.6) is 0 Å². The van der Waals surface area contributed by atoms with E-state index in [0.29, 0.717) is 5.92 Å². The Morgan fingerprint density at radius 1 is 0.792 bits per heavy atom. The lowest BCUT2D eigenvalue weighted by Crippen LogP contribution is -2.26. The summed E-state index contributed by atoms with van der Waals surface area (Å²) in [6, 6.07) is 35.8. The molecule has 1 atom stereocenters. The number of thioether (sulfide) groups is 1. The minimum absolute atomic E-state index is 0.364. The number of fused-ring (bicyclic) bond motifs is 10. The van der Waals surface area contributed by atoms with Crippen LogP contribution in [0.25, 0.3) is 49.7 Å². The molecular weight excluding hydrogens is 625 g/mol. The molecule has 234 valence electrons. The minimum atomic E-state index is -0.472. The lowest BCUT2D eigenvalue weighted by Gasteiger charge is -2.31. The van der Waals surface area contributed by atoms with Crippen molar-refractivity contribution < 1.29 is 0 Å². The van der Waals surface area contributed by atoms with Gasteiger partial charge < -0.3 is 11.5 Å². The number of nitrogens with zero attached hydrogens (tertiary/aromatic N) is 2. The maximum atomic E-state index is 6.31. The fourth-order valence-electron chi connectivity index (χ4n) is 7.37. The number of thiazole rings is 1. The van der Waals surface area contributed by atoms with Gasteiger partial charge in [0.2, 0.25) is 0 Å². The third-order valence-corrected chi connectivity index (χ3v) is 11.4. The van der Waals surface area contributed by atoms with Crippen LogP contribution in [-0.4, -0.2) is 15.7 Å². The molecule has 4 nitrogen and oxygen atoms in total. The van der Waals surface area contributed by atoms with Crippen LogP contribution in [0.15, 0.2) is 145 Å². The summed E-state index contributed by atoms with van der Waals surface area (Å²) in [6.07, 6.45) is 11.5. The highest BCUT2D eigenvalue weighted by molar-refractivity contribution is 8.02. The first-order valence-electron chi connectivity index (χ1n) is 16.1. The number of nitrogens with two attached hydrogens (primary N) is 2. The average Bonchev–Trinajstić information content (AvgIpc) is 3.85. The van der Waals surface area contributed by atoms with Crippen LogP contribution in [0.3, 0.4) is 0 Å². The van der Waals surface area contributed by atoms with Crippen molar-refractivity contribution in [2.24, 2.45) is 17.4 Å². The Morgan fingerprint density at radius 2 is 1.48 bits per heavy atom. The van der Waals surface area contributed by atoms with Gasteiger partial charge in [-0.1, -0.05) is 97.9 Å². The van der Waals surface area contributed by atoms with E-state index in [0.717, 1.165) is 38.7 Å². The maximum Gasteiger partial charge on any atom is 0.141 e. The molecule has 0 aliphatic heterocycles. The molecule has 2 aliphatic rings. The van der Waals surface area contributed by atoms with Gasteiger partial charge >= 0.3 is 0 Å². The van der Waals surface area contributed by atoms with E-state index in [9.17, 15) is 0 Å². The van der Waals surface area contributed by atoms with Gasteiger partial charge in [0.05, 0.1) is 11.1 Å². The molecule has 4 N–H and O–H groups in total. The molecule has 0 radical (unpaired) electrons. The predicted octanol–water partition coefficient (Wildman–Crippen LogP) is 9.87. The van der Waals surface area contributed by atoms with Gasteiger partial charge in [-0.3, -0.25) is 4.98 Å². The first kappa shape index (κ1) is 30.2. The Bertz CT molecular complexity index is 2180. The molecule has 0 amide bonds. The Labute approximate surface area is 289 Å². The third kappa shape index (κ3) is 4.83. The van der Waals surface area contributed by atoms with Crippen LogP contribution in [0.1, 0.15) is 34.7 Å². The lowest BCUT2D eigenvalue weighted by molar-refractivity contribution is 0.793. The van der Waals surface area contributed by atoms with E-state index >= 15 is 0 Å². The van der Waals surface area contributed by atoms with Gasteiger partial charge in [-0.2, -0.15) is 0 Å². The van der Waals surface area contributed by atoms with Crippen LogP contribution in [-0.2, 0) is 5.41 Å². The van der Waals surface area contributed by atoms with Gasteiger partial charge in [0, 0.05) is 41.5 Å². The van der Waals surface area contributed by atoms with Crippen LogP contribution in [0, 0.1) is 5.92 Å². The topological polar surface area (TPSA) is 77.8 Å². The van der Waals surface area contributed by atoms with E-state index < -0.39 is 5.41 Å². The van der Waals surface area contributed by atoms with Gasteiger partial charge in [-0.25, -0.2) is 4.98 Å². The standard InChI is InChI=1S/C42H34N4S2/c1-27(26-47-20-18-43)10-11-30(24-44)28-12-15-34-35-16-13-29(31-14-17-40(46-25-31)41-45-19-21-48-41)23-39(35)42(38(34)22-28)36-8-4-2-6-32(36)33-7-3-5-9-37(33)42/h2-25,27H,26,43-44H2,1H3/b11-10-,20-18-,30-24+. The molecule has 0 bridgehead atoms. The predicted molar refractivity (Wildman–Crippen MR) is 203 cm³/mol. The molecule has 0 saturated heterocycles. The molecule has 6 heteroatoms. The molecule has 0 fully saturated rings. The van der Waals surface area contributed by atoms with E-state index in [4.69, 9.17) is 16.5 Å². The van der Waals surface area contributed by atoms with Crippen LogP contribution in [0.2, 0.25) is 0 Å². The lowest BCUT2D eigenvalue weighted by atomic mass is 9.70. The third-order valence-electron chi connectivity index (χ3n) is 9.49. The van der Waals surface area contributed by atoms with E-state index in [1.807, 2.05) is 23.2 Å². The van der Waals surface area contributed by atoms with Gasteiger partial charge in [0.1, 0.15) is 5.01 Å². The van der Waals surface area contributed by atoms with E-state index in [1.54, 1.807) is 35.5 Å². The van der Waals surface area contributed by atoms with Gasteiger partial charge in [0.25, 0.3) is 0 Å². The van der Waals surface area contributed by atoms with Crippen molar-refractivity contribution in [2.75, 3.05) is 5.75 Å². The van der Waals surface area contributed by atoms with Crippen LogP contribution in [0.4, 0.5) is 0 Å². The zero-order chi connectivity index (χ0) is 32.7. The van der Waals surface area contributed by atoms with Crippen molar-refractivity contribution in [1.29, 1.82) is 0 Å². The second-order valence-corrected chi connectivity index (χ2v) is 14.1. The van der Waals surface area contributed by atoms with E-state index in [-0.39, 0.29) is 0 Å². The monoisotopic (exact) mass is 658 g/mol. The summed E-state index contributed by atoms with van der Waals surface area (Å²) in [5, 5.41) is 4.84. The van der Waals surface area contributed by atoms with E-state index in [2.05, 4.69) is 121 Å². The molecule has 2 aliphatic carbocycles. The van der Waals surface area contributed by atoms with Crippen LogP contribution >= 0.6 is 23.1 Å². The number of pyridine rings is 1. The molecule has 2 aromatic heterocycles. The number of hydrogen-bond donors (Lipinski definition) is 2. The first-order chi connectivity index (χ1) is 23.6. The Balaban J connectivity index is 1.29. The summed E-state index contributed by atoms with van der Waals surface area (Å²) in [4.78, 5) is 9.24. The molecule has 48 heavy (non-hydrogen) atoms. The summed E-state index contributed by atoms with van der Waals surface area (Å²) in [5.74, 6) is 1.31. The summed E-state index contributed by atoms with van der Waals surface area (Å²) in [7, 11) is 0. The molecule has 1 unspecified atom stereocenters. The van der Waals surface area contributed by atoms with E-state index in [1.165, 1.54) is 44.5 Å². The fourth-order valence-corrected chi connectivity index (χ4v) is 8.62. The second-order valence-electron chi connectivity index (χ2n) is 12.3. The Kier molecular flexibility index (Phi) is 7.83. The highest BCUT2D eigenvalue weighted by atomic mass is 32.2. The van der Waals surface area contributed by atoms with Crippen LogP contribution < -0.4 is 11.5 Å². The molecular formula is C42H34N4S2. The minimum Gasteiger partial charge on any atom is -0.404 e. The fraction of sp³-hybridized carbons (Fsp3) is 0.0952. The van der Waals surface area contributed by atoms with Crippen molar-refractivity contribution in [3.8, 4) is 44.1 Å². The van der Waals surface area contributed by atoms with Crippen molar-refractivity contribution in [3.63, 3.8) is 0 Å². The Hall–Kier alpha value is -5.17. The molecule has 4 aromatic carbocycles. The van der Waals surface area contributed by atoms with Gasteiger partial charge in [-0.15, -0.1) is 23.1 Å². The number of rotatable bonds is 8. The Morgan fingerprint density at radius 3 is 2.15 bits per heavy atom. The smallest absolute Gasteiger partial charge is 0.141 e. The molecule has 6 aromatic rings. The zero-order valence-corrected chi connectivity index (χ0v) is 28.1. The average molecular weight is 659 g/mol. The number of allylic oxidation sites excluding steroid dienone is 3. The number of aromatic nitrogens is 2. The van der Waals surface area contributed by atoms with Crippen molar-refractivity contribution in [3.05, 3.63) is 173 Å². The quantitative estimate of drug-likeness (QED) is 0.159. The maximum absolute atomic E-state index is 6.31. The van der Waals surface area contributed by atoms with Gasteiger partial charge in [-0.05, 0) is 90.7 Å². The molecule has 8 rings (SSSR count). The summed E-state index contributed by atoms with van der Waals surface area (Å²) >= 11 is 3.31. The summed E-state index contributed by atoms with van der Waals surface area (Å²) < 4.78 is 0. The molecule has 0 saturated carbocycles. The normalized spacial score (nSPS) is 14.7. The highest BCUT2D eigenvalue weighted by Crippen LogP contribution is 2.63. The zero-order valence-electron chi connectivity index (χ0n) is 26.5. The summed E-state index contributed by atoms with van der Waals surface area (Å²) in [5.41, 5.74) is 26.9. The number of benzene rings is 4. The number of hydrogen-bond acceptors (Lipinski definition) is 6. The second kappa shape index (κ2) is 12.5. The molecule has 1 spiro atoms. The van der Waals surface area contributed by atoms with Gasteiger partial charge in [0.15, 0.2) is 0 Å².